The number of aromatic nitrogens is 4. The first-order chi connectivity index (χ1) is 17.8. The van der Waals surface area contributed by atoms with E-state index >= 15 is 0 Å². The summed E-state index contributed by atoms with van der Waals surface area (Å²) in [5.74, 6) is -0.527. The molecule has 2 saturated carbocycles. The Balaban J connectivity index is 1.33. The molecule has 38 heavy (non-hydrogen) atoms. The van der Waals surface area contributed by atoms with Gasteiger partial charge in [0.1, 0.15) is 17.1 Å². The van der Waals surface area contributed by atoms with Crippen LogP contribution in [0.2, 0.25) is 5.02 Å². The third-order valence-electron chi connectivity index (χ3n) is 7.86. The average Bonchev–Trinajstić information content (AvgIpc) is 3.58. The number of nitrogens with zero attached hydrogens (tertiary/aromatic N) is 5. The molecule has 1 amide bonds. The normalized spacial score (nSPS) is 25.2. The molecule has 0 spiro atoms. The number of aliphatic hydroxyl groups is 1. The van der Waals surface area contributed by atoms with Gasteiger partial charge in [-0.05, 0) is 55.7 Å². The minimum atomic E-state index is -3.72. The Kier molecular flexibility index (Phi) is 6.65. The molecule has 13 heteroatoms. The number of nitrogens with one attached hydrogen (secondary N) is 1. The van der Waals surface area contributed by atoms with Crippen LogP contribution in [0.5, 0.6) is 0 Å². The van der Waals surface area contributed by atoms with Crippen molar-refractivity contribution in [3.8, 4) is 0 Å². The summed E-state index contributed by atoms with van der Waals surface area (Å²) in [4.78, 5) is 17.7. The van der Waals surface area contributed by atoms with Gasteiger partial charge in [-0.25, -0.2) is 22.1 Å². The molecule has 2 heterocycles. The maximum atomic E-state index is 13.5. The van der Waals surface area contributed by atoms with Crippen LogP contribution < -0.4 is 5.32 Å². The van der Waals surface area contributed by atoms with Crippen molar-refractivity contribution < 1.29 is 22.7 Å². The van der Waals surface area contributed by atoms with E-state index in [0.717, 1.165) is 17.1 Å². The second-order valence-electron chi connectivity index (χ2n) is 10.6. The van der Waals surface area contributed by atoms with Crippen LogP contribution in [-0.4, -0.2) is 57.2 Å². The van der Waals surface area contributed by atoms with Gasteiger partial charge in [-0.15, -0.1) is 0 Å². The van der Waals surface area contributed by atoms with Crippen molar-refractivity contribution in [3.05, 3.63) is 58.5 Å². The summed E-state index contributed by atoms with van der Waals surface area (Å²) < 4.78 is 42.8. The summed E-state index contributed by atoms with van der Waals surface area (Å²) in [6.45, 7) is 0. The van der Waals surface area contributed by atoms with Gasteiger partial charge in [0.05, 0.1) is 22.7 Å². The van der Waals surface area contributed by atoms with Gasteiger partial charge >= 0.3 is 0 Å². The molecule has 3 aromatic rings. The van der Waals surface area contributed by atoms with E-state index in [0.29, 0.717) is 35.6 Å². The highest BCUT2D eigenvalue weighted by Crippen LogP contribution is 2.57. The molecule has 2 unspecified atom stereocenters. The molecule has 0 bridgehead atoms. The van der Waals surface area contributed by atoms with Gasteiger partial charge in [-0.1, -0.05) is 11.6 Å². The van der Waals surface area contributed by atoms with E-state index in [1.807, 2.05) is 0 Å². The lowest BCUT2D eigenvalue weighted by atomic mass is 9.90. The SMILES string of the molecule is CN(C)S(=O)(=O)c1cc(C2(O)CC3CC(c4ncn(C)c4C(=O)Nc4ccc(F)c(Cl)c4)CC3C2)n(C)n1. The number of hydrogen-bond acceptors (Lipinski definition) is 6. The average molecular weight is 565 g/mol. The Hall–Kier alpha value is -2.80. The van der Waals surface area contributed by atoms with Crippen LogP contribution in [-0.2, 0) is 29.7 Å². The molecule has 2 fully saturated rings. The van der Waals surface area contributed by atoms with Gasteiger partial charge in [0.2, 0.25) is 0 Å². The predicted octanol–water partition coefficient (Wildman–Crippen LogP) is 3.24. The zero-order valence-electron chi connectivity index (χ0n) is 21.5. The molecule has 5 rings (SSSR count). The minimum absolute atomic E-state index is 0.0320. The van der Waals surface area contributed by atoms with Gasteiger partial charge in [-0.2, -0.15) is 5.10 Å². The highest BCUT2D eigenvalue weighted by atomic mass is 35.5. The molecule has 1 aromatic carbocycles. The second kappa shape index (κ2) is 9.44. The summed E-state index contributed by atoms with van der Waals surface area (Å²) >= 11 is 5.86. The van der Waals surface area contributed by atoms with Crippen molar-refractivity contribution in [3.63, 3.8) is 0 Å². The number of amides is 1. The van der Waals surface area contributed by atoms with Crippen molar-refractivity contribution in [2.24, 2.45) is 25.9 Å². The fourth-order valence-electron chi connectivity index (χ4n) is 6.07. The quantitative estimate of drug-likeness (QED) is 0.474. The molecule has 2 aliphatic carbocycles. The first-order valence-corrected chi connectivity index (χ1v) is 14.1. The van der Waals surface area contributed by atoms with Gasteiger partial charge in [0.25, 0.3) is 15.9 Å². The van der Waals surface area contributed by atoms with Gasteiger partial charge in [0, 0.05) is 45.9 Å². The summed E-state index contributed by atoms with van der Waals surface area (Å²) in [7, 11) is 2.56. The molecule has 2 aromatic heterocycles. The first kappa shape index (κ1) is 26.8. The van der Waals surface area contributed by atoms with Crippen molar-refractivity contribution in [2.45, 2.75) is 42.2 Å². The number of anilines is 1. The number of hydrogen-bond donors (Lipinski definition) is 2. The Morgan fingerprint density at radius 2 is 1.87 bits per heavy atom. The number of carbonyl (C=O) groups is 1. The van der Waals surface area contributed by atoms with Crippen LogP contribution in [0.4, 0.5) is 10.1 Å². The first-order valence-electron chi connectivity index (χ1n) is 12.3. The van der Waals surface area contributed by atoms with Crippen LogP contribution in [0.1, 0.15) is 53.5 Å². The van der Waals surface area contributed by atoms with Crippen LogP contribution in [0.25, 0.3) is 0 Å². The van der Waals surface area contributed by atoms with Gasteiger partial charge < -0.3 is 15.0 Å². The van der Waals surface area contributed by atoms with Crippen LogP contribution in [0, 0.1) is 17.7 Å². The molecule has 10 nitrogen and oxygen atoms in total. The van der Waals surface area contributed by atoms with E-state index in [4.69, 9.17) is 11.6 Å². The Bertz CT molecular complexity index is 1500. The third-order valence-corrected chi connectivity index (χ3v) is 9.84. The van der Waals surface area contributed by atoms with E-state index in [2.05, 4.69) is 15.4 Å². The Labute approximate surface area is 225 Å². The molecule has 0 aliphatic heterocycles. The number of sulfonamides is 1. The number of benzene rings is 1. The highest BCUT2D eigenvalue weighted by Gasteiger charge is 2.52. The smallest absolute Gasteiger partial charge is 0.274 e. The molecule has 2 N–H and O–H groups in total. The van der Waals surface area contributed by atoms with E-state index in [-0.39, 0.29) is 33.7 Å². The van der Waals surface area contributed by atoms with E-state index < -0.39 is 21.4 Å². The maximum absolute atomic E-state index is 13.5. The maximum Gasteiger partial charge on any atom is 0.274 e. The monoisotopic (exact) mass is 564 g/mol. The molecule has 2 atom stereocenters. The number of halogens is 2. The van der Waals surface area contributed by atoms with Crippen molar-refractivity contribution in [1.82, 2.24) is 23.6 Å². The Morgan fingerprint density at radius 3 is 2.47 bits per heavy atom. The van der Waals surface area contributed by atoms with Crippen LogP contribution in [0.3, 0.4) is 0 Å². The summed E-state index contributed by atoms with van der Waals surface area (Å²) in [6, 6.07) is 5.47. The van der Waals surface area contributed by atoms with E-state index in [1.165, 1.54) is 43.0 Å². The zero-order chi connectivity index (χ0) is 27.6. The summed E-state index contributed by atoms with van der Waals surface area (Å²) in [6.07, 6.45) is 4.03. The Morgan fingerprint density at radius 1 is 1.21 bits per heavy atom. The molecule has 204 valence electrons. The standard InChI is InChI=1S/C25H30ClFN6O4S/c1-31(2)38(36,37)21-10-20(33(4)30-21)25(35)11-15-7-14(8-16(15)12-25)22-23(32(3)13-28-22)24(34)29-17-5-6-19(27)18(26)9-17/h5-6,9-10,13-16,35H,7-8,11-12H2,1-4H3,(H,29,34). The van der Waals surface area contributed by atoms with Crippen LogP contribution >= 0.6 is 11.6 Å². The largest absolute Gasteiger partial charge is 0.384 e. The van der Waals surface area contributed by atoms with E-state index in [1.54, 1.807) is 25.0 Å². The number of imidazole rings is 1. The van der Waals surface area contributed by atoms with Gasteiger partial charge in [0.15, 0.2) is 5.03 Å². The van der Waals surface area contributed by atoms with Crippen LogP contribution in [0.15, 0.2) is 35.6 Å². The second-order valence-corrected chi connectivity index (χ2v) is 13.1. The molecule has 0 radical (unpaired) electrons. The molecular formula is C25H30ClFN6O4S. The number of fused-ring (bicyclic) bond motifs is 1. The number of aryl methyl sites for hydroxylation is 2. The highest BCUT2D eigenvalue weighted by molar-refractivity contribution is 7.89. The fourth-order valence-corrected chi connectivity index (χ4v) is 7.11. The lowest BCUT2D eigenvalue weighted by Gasteiger charge is -2.25. The lowest BCUT2D eigenvalue weighted by molar-refractivity contribution is 0.0263. The fraction of sp³-hybridized carbons (Fsp3) is 0.480. The molecular weight excluding hydrogens is 535 g/mol. The summed E-state index contributed by atoms with van der Waals surface area (Å²) in [5, 5.41) is 18.4. The zero-order valence-corrected chi connectivity index (χ0v) is 23.1. The van der Waals surface area contributed by atoms with Gasteiger partial charge in [-0.3, -0.25) is 9.48 Å². The molecule has 2 aliphatic rings. The topological polar surface area (TPSA) is 122 Å². The number of carbonyl (C=O) groups excluding carboxylic acids is 1. The van der Waals surface area contributed by atoms with E-state index in [9.17, 15) is 22.7 Å². The van der Waals surface area contributed by atoms with Crippen molar-refractivity contribution in [2.75, 3.05) is 19.4 Å². The van der Waals surface area contributed by atoms with Crippen molar-refractivity contribution in [1.29, 1.82) is 0 Å². The predicted molar refractivity (Wildman–Crippen MR) is 139 cm³/mol. The third kappa shape index (κ3) is 4.53. The lowest BCUT2D eigenvalue weighted by Crippen LogP contribution is -2.26. The minimum Gasteiger partial charge on any atom is -0.384 e. The molecule has 0 saturated heterocycles. The number of rotatable bonds is 6. The summed E-state index contributed by atoms with van der Waals surface area (Å²) in [5.41, 5.74) is 0.800. The van der Waals surface area contributed by atoms with Crippen molar-refractivity contribution >= 4 is 33.2 Å².